The number of pyridine rings is 1. The van der Waals surface area contributed by atoms with Gasteiger partial charge in [-0.3, -0.25) is 9.78 Å². The predicted octanol–water partition coefficient (Wildman–Crippen LogP) is 3.20. The summed E-state index contributed by atoms with van der Waals surface area (Å²) in [5.74, 6) is -0.493. The average molecular weight is 346 g/mol. The van der Waals surface area contributed by atoms with Crippen LogP contribution in [0, 0.1) is 0 Å². The Morgan fingerprint density at radius 2 is 1.92 bits per heavy atom. The summed E-state index contributed by atoms with van der Waals surface area (Å²) in [6.07, 6.45) is 2.10. The van der Waals surface area contributed by atoms with Gasteiger partial charge in [0.05, 0.1) is 17.5 Å². The monoisotopic (exact) mass is 346 g/mol. The van der Waals surface area contributed by atoms with Crippen molar-refractivity contribution < 1.29 is 14.3 Å². The number of cyclic esters (lactones) is 1. The smallest absolute Gasteiger partial charge is 0.339 e. The van der Waals surface area contributed by atoms with Gasteiger partial charge in [-0.15, -0.1) is 0 Å². The molecule has 1 atom stereocenters. The number of nitrogens with zero attached hydrogens (tertiary/aromatic N) is 1. The van der Waals surface area contributed by atoms with E-state index in [4.69, 9.17) is 4.74 Å². The second-order valence-electron chi connectivity index (χ2n) is 6.28. The van der Waals surface area contributed by atoms with Crippen molar-refractivity contribution in [2.75, 3.05) is 6.54 Å². The van der Waals surface area contributed by atoms with Crippen LogP contribution in [-0.2, 0) is 16.0 Å². The van der Waals surface area contributed by atoms with Gasteiger partial charge in [-0.05, 0) is 24.1 Å². The number of ether oxygens (including phenoxy) is 1. The number of esters is 1. The Bertz CT molecular complexity index is 978. The van der Waals surface area contributed by atoms with Crippen molar-refractivity contribution >= 4 is 22.8 Å². The maximum Gasteiger partial charge on any atom is 0.339 e. The maximum absolute atomic E-state index is 12.3. The van der Waals surface area contributed by atoms with E-state index in [9.17, 15) is 9.59 Å². The van der Waals surface area contributed by atoms with Crippen molar-refractivity contribution in [3.63, 3.8) is 0 Å². The van der Waals surface area contributed by atoms with Crippen LogP contribution in [0.25, 0.3) is 10.9 Å². The Morgan fingerprint density at radius 1 is 1.08 bits per heavy atom. The SMILES string of the molecule is O=C(CC1OC(=O)c2ccccc21)NCCc1cccc2cccnc12. The van der Waals surface area contributed by atoms with Crippen molar-refractivity contribution in [3.05, 3.63) is 77.5 Å². The highest BCUT2D eigenvalue weighted by molar-refractivity contribution is 5.94. The molecule has 3 aromatic rings. The van der Waals surface area contributed by atoms with E-state index in [0.717, 1.165) is 22.0 Å². The molecule has 0 bridgehead atoms. The molecule has 1 N–H and O–H groups in total. The summed E-state index contributed by atoms with van der Waals surface area (Å²) in [7, 11) is 0. The van der Waals surface area contributed by atoms with Crippen molar-refractivity contribution in [3.8, 4) is 0 Å². The second kappa shape index (κ2) is 6.96. The fraction of sp³-hybridized carbons (Fsp3) is 0.190. The van der Waals surface area contributed by atoms with Gasteiger partial charge in [0.15, 0.2) is 0 Å². The topological polar surface area (TPSA) is 68.3 Å². The van der Waals surface area contributed by atoms with Gasteiger partial charge in [0.2, 0.25) is 5.91 Å². The van der Waals surface area contributed by atoms with Gasteiger partial charge in [-0.25, -0.2) is 4.79 Å². The first-order chi connectivity index (χ1) is 12.7. The van der Waals surface area contributed by atoms with Gasteiger partial charge in [0.25, 0.3) is 0 Å². The Labute approximate surface area is 151 Å². The number of hydrogen-bond donors (Lipinski definition) is 1. The molecule has 130 valence electrons. The number of carbonyl (C=O) groups is 2. The molecular weight excluding hydrogens is 328 g/mol. The third-order valence-electron chi connectivity index (χ3n) is 4.58. The number of benzene rings is 2. The molecule has 0 fully saturated rings. The zero-order valence-corrected chi connectivity index (χ0v) is 14.1. The van der Waals surface area contributed by atoms with Crippen LogP contribution in [-0.4, -0.2) is 23.4 Å². The number of aromatic nitrogens is 1. The largest absolute Gasteiger partial charge is 0.453 e. The van der Waals surface area contributed by atoms with Gasteiger partial charge >= 0.3 is 5.97 Å². The molecule has 1 amide bonds. The van der Waals surface area contributed by atoms with Crippen LogP contribution in [0.15, 0.2) is 60.8 Å². The fourth-order valence-electron chi connectivity index (χ4n) is 3.32. The molecule has 1 aliphatic rings. The molecule has 0 spiro atoms. The van der Waals surface area contributed by atoms with Gasteiger partial charge in [0, 0.05) is 23.7 Å². The van der Waals surface area contributed by atoms with E-state index in [2.05, 4.69) is 10.3 Å². The van der Waals surface area contributed by atoms with Gasteiger partial charge in [-0.2, -0.15) is 0 Å². The van der Waals surface area contributed by atoms with Crippen LogP contribution in [0.1, 0.15) is 34.0 Å². The molecule has 1 aromatic heterocycles. The Kier molecular flexibility index (Phi) is 4.35. The summed E-state index contributed by atoms with van der Waals surface area (Å²) in [6.45, 7) is 0.511. The van der Waals surface area contributed by atoms with E-state index in [0.29, 0.717) is 18.5 Å². The summed E-state index contributed by atoms with van der Waals surface area (Å²) >= 11 is 0. The summed E-state index contributed by atoms with van der Waals surface area (Å²) in [5.41, 5.74) is 3.39. The third kappa shape index (κ3) is 3.16. The predicted molar refractivity (Wildman–Crippen MR) is 97.7 cm³/mol. The molecule has 1 unspecified atom stereocenters. The van der Waals surface area contributed by atoms with Crippen LogP contribution in [0.5, 0.6) is 0 Å². The summed E-state index contributed by atoms with van der Waals surface area (Å²) in [6, 6.07) is 17.2. The molecule has 5 heteroatoms. The molecule has 0 radical (unpaired) electrons. The highest BCUT2D eigenvalue weighted by Gasteiger charge is 2.31. The molecule has 0 aliphatic carbocycles. The fourth-order valence-corrected chi connectivity index (χ4v) is 3.32. The Balaban J connectivity index is 1.36. The van der Waals surface area contributed by atoms with Crippen molar-refractivity contribution in [2.45, 2.75) is 18.9 Å². The number of amides is 1. The minimum Gasteiger partial charge on any atom is -0.453 e. The normalized spacial score (nSPS) is 15.5. The van der Waals surface area contributed by atoms with E-state index < -0.39 is 6.10 Å². The first-order valence-corrected chi connectivity index (χ1v) is 8.61. The van der Waals surface area contributed by atoms with E-state index in [1.165, 1.54) is 0 Å². The minimum absolute atomic E-state index is 0.132. The van der Waals surface area contributed by atoms with Crippen molar-refractivity contribution in [1.29, 1.82) is 0 Å². The van der Waals surface area contributed by atoms with Crippen molar-refractivity contribution in [2.24, 2.45) is 0 Å². The first-order valence-electron chi connectivity index (χ1n) is 8.61. The number of fused-ring (bicyclic) bond motifs is 2. The van der Waals surface area contributed by atoms with E-state index in [1.54, 1.807) is 18.3 Å². The van der Waals surface area contributed by atoms with E-state index in [-0.39, 0.29) is 18.3 Å². The zero-order valence-electron chi connectivity index (χ0n) is 14.1. The average Bonchev–Trinajstić information content (AvgIpc) is 2.98. The molecule has 1 aliphatic heterocycles. The lowest BCUT2D eigenvalue weighted by atomic mass is 10.0. The lowest BCUT2D eigenvalue weighted by Gasteiger charge is -2.11. The Hall–Kier alpha value is -3.21. The zero-order chi connectivity index (χ0) is 17.9. The quantitative estimate of drug-likeness (QED) is 0.721. The molecule has 2 aromatic carbocycles. The van der Waals surface area contributed by atoms with Crippen LogP contribution >= 0.6 is 0 Å². The van der Waals surface area contributed by atoms with Crippen LogP contribution in [0.2, 0.25) is 0 Å². The number of rotatable bonds is 5. The molecule has 5 nitrogen and oxygen atoms in total. The van der Waals surface area contributed by atoms with Crippen molar-refractivity contribution in [1.82, 2.24) is 10.3 Å². The molecular formula is C21H18N2O3. The Morgan fingerprint density at radius 3 is 2.85 bits per heavy atom. The summed E-state index contributed by atoms with van der Waals surface area (Å²) in [4.78, 5) is 28.5. The first kappa shape index (κ1) is 16.3. The van der Waals surface area contributed by atoms with Crippen LogP contribution in [0.4, 0.5) is 0 Å². The van der Waals surface area contributed by atoms with E-state index in [1.807, 2.05) is 42.5 Å². The standard InChI is InChI=1S/C21H18N2O3/c24-19(13-18-16-8-1-2-9-17(16)21(25)26-18)22-12-10-15-6-3-5-14-7-4-11-23-20(14)15/h1-9,11,18H,10,12-13H2,(H,22,24). The van der Waals surface area contributed by atoms with Gasteiger partial charge < -0.3 is 10.1 Å². The number of hydrogen-bond acceptors (Lipinski definition) is 4. The summed E-state index contributed by atoms with van der Waals surface area (Å²) in [5, 5.41) is 4.00. The highest BCUT2D eigenvalue weighted by atomic mass is 16.5. The molecule has 0 saturated carbocycles. The summed E-state index contributed by atoms with van der Waals surface area (Å²) < 4.78 is 5.31. The molecule has 0 saturated heterocycles. The minimum atomic E-state index is -0.502. The lowest BCUT2D eigenvalue weighted by Crippen LogP contribution is -2.27. The third-order valence-corrected chi connectivity index (χ3v) is 4.58. The van der Waals surface area contributed by atoms with Crippen LogP contribution in [0.3, 0.4) is 0 Å². The van der Waals surface area contributed by atoms with Gasteiger partial charge in [0.1, 0.15) is 6.10 Å². The number of nitrogens with one attached hydrogen (secondary N) is 1. The maximum atomic E-state index is 12.3. The van der Waals surface area contributed by atoms with E-state index >= 15 is 0 Å². The van der Waals surface area contributed by atoms with Gasteiger partial charge in [-0.1, -0.05) is 42.5 Å². The lowest BCUT2D eigenvalue weighted by molar-refractivity contribution is -0.122. The molecule has 26 heavy (non-hydrogen) atoms. The molecule has 2 heterocycles. The number of para-hydroxylation sites is 1. The molecule has 4 rings (SSSR count). The highest BCUT2D eigenvalue weighted by Crippen LogP contribution is 2.32. The van der Waals surface area contributed by atoms with Crippen LogP contribution < -0.4 is 5.32 Å². The second-order valence-corrected chi connectivity index (χ2v) is 6.28. The number of carbonyl (C=O) groups excluding carboxylic acids is 2.